The Bertz CT molecular complexity index is 412. The van der Waals surface area contributed by atoms with E-state index in [1.807, 2.05) is 6.92 Å². The van der Waals surface area contributed by atoms with Crippen molar-refractivity contribution in [3.63, 3.8) is 0 Å². The highest BCUT2D eigenvalue weighted by Crippen LogP contribution is 2.18. The van der Waals surface area contributed by atoms with Crippen molar-refractivity contribution in [2.24, 2.45) is 5.92 Å². The van der Waals surface area contributed by atoms with Gasteiger partial charge in [0.2, 0.25) is 5.95 Å². The molecule has 0 atom stereocenters. The van der Waals surface area contributed by atoms with Gasteiger partial charge in [-0.1, -0.05) is 0 Å². The topological polar surface area (TPSA) is 42.3 Å². The molecule has 1 aromatic rings. The summed E-state index contributed by atoms with van der Waals surface area (Å²) in [6.45, 7) is 10.1. The summed E-state index contributed by atoms with van der Waals surface area (Å²) in [6.07, 6.45) is 5.74. The quantitative estimate of drug-likeness (QED) is 0.745. The largest absolute Gasteiger partial charge is 0.382 e. The molecule has 0 aliphatic carbocycles. The third kappa shape index (κ3) is 5.00. The zero-order valence-corrected chi connectivity index (χ0v) is 13.8. The molecule has 0 bridgehead atoms. The van der Waals surface area contributed by atoms with Gasteiger partial charge in [-0.25, -0.2) is 4.98 Å². The SMILES string of the molecule is CCOCCCn1cc(C)nc1N(C)CC1CCNCC1. The molecule has 0 aromatic carbocycles. The molecule has 1 N–H and O–H groups in total. The zero-order valence-electron chi connectivity index (χ0n) is 13.8. The van der Waals surface area contributed by atoms with E-state index in [4.69, 9.17) is 9.72 Å². The molecule has 2 heterocycles. The fraction of sp³-hybridized carbons (Fsp3) is 0.812. The Morgan fingerprint density at radius 1 is 1.43 bits per heavy atom. The molecule has 5 heteroatoms. The van der Waals surface area contributed by atoms with E-state index in [0.717, 1.165) is 63.4 Å². The highest BCUT2D eigenvalue weighted by molar-refractivity contribution is 5.32. The van der Waals surface area contributed by atoms with Gasteiger partial charge in [0.25, 0.3) is 0 Å². The summed E-state index contributed by atoms with van der Waals surface area (Å²) in [5.74, 6) is 1.88. The van der Waals surface area contributed by atoms with Crippen molar-refractivity contribution in [3.05, 3.63) is 11.9 Å². The second-order valence-electron chi connectivity index (χ2n) is 6.00. The van der Waals surface area contributed by atoms with Crippen LogP contribution in [0.5, 0.6) is 0 Å². The smallest absolute Gasteiger partial charge is 0.205 e. The van der Waals surface area contributed by atoms with Crippen molar-refractivity contribution in [2.75, 3.05) is 44.8 Å². The van der Waals surface area contributed by atoms with Crippen LogP contribution in [0.25, 0.3) is 0 Å². The Labute approximate surface area is 128 Å². The monoisotopic (exact) mass is 294 g/mol. The molecular weight excluding hydrogens is 264 g/mol. The van der Waals surface area contributed by atoms with E-state index in [1.54, 1.807) is 0 Å². The molecule has 0 unspecified atom stereocenters. The first kappa shape index (κ1) is 16.3. The standard InChI is InChI=1S/C16H30N4O/c1-4-21-11-5-10-20-12-14(2)18-16(20)19(3)13-15-6-8-17-9-7-15/h12,15,17H,4-11,13H2,1-3H3. The summed E-state index contributed by atoms with van der Waals surface area (Å²) < 4.78 is 7.70. The van der Waals surface area contributed by atoms with Crippen LogP contribution in [0.15, 0.2) is 6.20 Å². The highest BCUT2D eigenvalue weighted by atomic mass is 16.5. The number of hydrogen-bond acceptors (Lipinski definition) is 4. The Balaban J connectivity index is 1.90. The third-order valence-electron chi connectivity index (χ3n) is 4.10. The first-order valence-corrected chi connectivity index (χ1v) is 8.24. The van der Waals surface area contributed by atoms with E-state index < -0.39 is 0 Å². The average Bonchev–Trinajstić information content (AvgIpc) is 2.86. The minimum atomic E-state index is 0.783. The zero-order chi connectivity index (χ0) is 15.1. The molecule has 0 saturated carbocycles. The van der Waals surface area contributed by atoms with Crippen molar-refractivity contribution in [2.45, 2.75) is 39.7 Å². The normalized spacial score (nSPS) is 16.3. The summed E-state index contributed by atoms with van der Waals surface area (Å²) in [6, 6.07) is 0. The van der Waals surface area contributed by atoms with E-state index in [9.17, 15) is 0 Å². The molecule has 21 heavy (non-hydrogen) atoms. The molecule has 5 nitrogen and oxygen atoms in total. The highest BCUT2D eigenvalue weighted by Gasteiger charge is 2.18. The Morgan fingerprint density at radius 3 is 2.90 bits per heavy atom. The number of hydrogen-bond donors (Lipinski definition) is 1. The van der Waals surface area contributed by atoms with Crippen LogP contribution in [0, 0.1) is 12.8 Å². The number of ether oxygens (including phenoxy) is 1. The van der Waals surface area contributed by atoms with Crippen LogP contribution in [0.2, 0.25) is 0 Å². The van der Waals surface area contributed by atoms with Gasteiger partial charge in [0.1, 0.15) is 0 Å². The van der Waals surface area contributed by atoms with Crippen LogP contribution in [-0.2, 0) is 11.3 Å². The lowest BCUT2D eigenvalue weighted by Gasteiger charge is -2.28. The molecule has 2 rings (SSSR count). The lowest BCUT2D eigenvalue weighted by atomic mass is 9.98. The van der Waals surface area contributed by atoms with Gasteiger partial charge in [-0.3, -0.25) is 0 Å². The Hall–Kier alpha value is -1.07. The van der Waals surface area contributed by atoms with Crippen LogP contribution < -0.4 is 10.2 Å². The number of nitrogens with zero attached hydrogens (tertiary/aromatic N) is 3. The number of aryl methyl sites for hydroxylation is 2. The van der Waals surface area contributed by atoms with E-state index >= 15 is 0 Å². The molecule has 1 saturated heterocycles. The van der Waals surface area contributed by atoms with Gasteiger partial charge in [-0.05, 0) is 52.1 Å². The second-order valence-corrected chi connectivity index (χ2v) is 6.00. The molecule has 1 aliphatic rings. The molecule has 120 valence electrons. The van der Waals surface area contributed by atoms with Gasteiger partial charge in [-0.2, -0.15) is 0 Å². The first-order chi connectivity index (χ1) is 10.2. The second kappa shape index (κ2) is 8.39. The number of rotatable bonds is 8. The van der Waals surface area contributed by atoms with Crippen LogP contribution in [0.3, 0.4) is 0 Å². The Kier molecular flexibility index (Phi) is 6.51. The van der Waals surface area contributed by atoms with Gasteiger partial charge in [-0.15, -0.1) is 0 Å². The maximum absolute atomic E-state index is 5.43. The van der Waals surface area contributed by atoms with Crippen LogP contribution in [-0.4, -0.2) is 49.4 Å². The molecule has 1 aromatic heterocycles. The van der Waals surface area contributed by atoms with Gasteiger partial charge < -0.3 is 19.5 Å². The number of piperidine rings is 1. The molecule has 1 fully saturated rings. The number of anilines is 1. The Morgan fingerprint density at radius 2 is 2.19 bits per heavy atom. The van der Waals surface area contributed by atoms with Crippen molar-refractivity contribution in [1.82, 2.24) is 14.9 Å². The van der Waals surface area contributed by atoms with Gasteiger partial charge in [0.05, 0.1) is 5.69 Å². The minimum Gasteiger partial charge on any atom is -0.382 e. The third-order valence-corrected chi connectivity index (χ3v) is 4.10. The predicted octanol–water partition coefficient (Wildman–Crippen LogP) is 2.05. The van der Waals surface area contributed by atoms with E-state index in [2.05, 4.69) is 35.0 Å². The maximum atomic E-state index is 5.43. The van der Waals surface area contributed by atoms with Crippen molar-refractivity contribution < 1.29 is 4.74 Å². The summed E-state index contributed by atoms with van der Waals surface area (Å²) in [5.41, 5.74) is 1.10. The summed E-state index contributed by atoms with van der Waals surface area (Å²) in [4.78, 5) is 7.03. The van der Waals surface area contributed by atoms with Crippen LogP contribution >= 0.6 is 0 Å². The lowest BCUT2D eigenvalue weighted by Crippen LogP contribution is -2.35. The number of aromatic nitrogens is 2. The summed E-state index contributed by atoms with van der Waals surface area (Å²) >= 11 is 0. The minimum absolute atomic E-state index is 0.783. The van der Waals surface area contributed by atoms with Gasteiger partial charge in [0, 0.05) is 39.5 Å². The van der Waals surface area contributed by atoms with E-state index in [0.29, 0.717) is 0 Å². The first-order valence-electron chi connectivity index (χ1n) is 8.24. The fourth-order valence-electron chi connectivity index (χ4n) is 3.02. The average molecular weight is 294 g/mol. The van der Waals surface area contributed by atoms with E-state index in [1.165, 1.54) is 12.8 Å². The summed E-state index contributed by atoms with van der Waals surface area (Å²) in [5, 5.41) is 3.43. The van der Waals surface area contributed by atoms with Gasteiger partial charge >= 0.3 is 0 Å². The molecule has 0 spiro atoms. The molecular formula is C16H30N4O. The van der Waals surface area contributed by atoms with E-state index in [-0.39, 0.29) is 0 Å². The number of nitrogens with one attached hydrogen (secondary N) is 1. The van der Waals surface area contributed by atoms with Crippen molar-refractivity contribution >= 4 is 5.95 Å². The summed E-state index contributed by atoms with van der Waals surface area (Å²) in [7, 11) is 2.17. The molecule has 0 amide bonds. The molecule has 1 aliphatic heterocycles. The van der Waals surface area contributed by atoms with Crippen LogP contribution in [0.4, 0.5) is 5.95 Å². The fourth-order valence-corrected chi connectivity index (χ4v) is 3.02. The molecule has 0 radical (unpaired) electrons. The maximum Gasteiger partial charge on any atom is 0.205 e. The van der Waals surface area contributed by atoms with Crippen molar-refractivity contribution in [3.8, 4) is 0 Å². The number of imidazole rings is 1. The van der Waals surface area contributed by atoms with Crippen molar-refractivity contribution in [1.29, 1.82) is 0 Å². The lowest BCUT2D eigenvalue weighted by molar-refractivity contribution is 0.141. The van der Waals surface area contributed by atoms with Crippen LogP contribution in [0.1, 0.15) is 31.9 Å². The van der Waals surface area contributed by atoms with Gasteiger partial charge in [0.15, 0.2) is 0 Å². The predicted molar refractivity (Wildman–Crippen MR) is 86.9 cm³/mol.